The summed E-state index contributed by atoms with van der Waals surface area (Å²) in [4.78, 5) is 0. The lowest BCUT2D eigenvalue weighted by molar-refractivity contribution is -0.176. The van der Waals surface area contributed by atoms with Crippen molar-refractivity contribution in [2.75, 3.05) is 19.7 Å². The molecule has 0 unspecified atom stereocenters. The van der Waals surface area contributed by atoms with Crippen molar-refractivity contribution in [3.8, 4) is 0 Å². The molecule has 0 bridgehead atoms. The van der Waals surface area contributed by atoms with Gasteiger partial charge in [-0.25, -0.2) is 0 Å². The summed E-state index contributed by atoms with van der Waals surface area (Å²) in [6, 6.07) is 7.64. The van der Waals surface area contributed by atoms with Crippen LogP contribution in [0.4, 0.5) is 13.2 Å². The summed E-state index contributed by atoms with van der Waals surface area (Å²) in [5.41, 5.74) is 2.00. The molecule has 19 heavy (non-hydrogen) atoms. The third-order valence-corrected chi connectivity index (χ3v) is 3.36. The van der Waals surface area contributed by atoms with E-state index < -0.39 is 12.8 Å². The molecule has 0 spiro atoms. The van der Waals surface area contributed by atoms with Crippen LogP contribution < -0.4 is 5.32 Å². The molecular formula is C14H18F3NO. The first-order valence-corrected chi connectivity index (χ1v) is 6.49. The van der Waals surface area contributed by atoms with E-state index in [1.54, 1.807) is 0 Å². The van der Waals surface area contributed by atoms with Gasteiger partial charge in [-0.2, -0.15) is 13.2 Å². The highest BCUT2D eigenvalue weighted by Gasteiger charge is 2.27. The molecule has 0 saturated carbocycles. The number of benzene rings is 1. The average Bonchev–Trinajstić information content (AvgIpc) is 2.39. The number of hydrogen-bond acceptors (Lipinski definition) is 2. The monoisotopic (exact) mass is 273 g/mol. The Morgan fingerprint density at radius 3 is 2.53 bits per heavy atom. The second kappa shape index (κ2) is 6.39. The molecule has 1 heterocycles. The Morgan fingerprint density at radius 2 is 1.84 bits per heavy atom. The topological polar surface area (TPSA) is 21.3 Å². The number of halogens is 3. The van der Waals surface area contributed by atoms with Crippen molar-refractivity contribution in [1.82, 2.24) is 5.32 Å². The molecule has 1 aromatic rings. The molecule has 106 valence electrons. The number of ether oxygens (including phenoxy) is 1. The molecule has 1 aromatic carbocycles. The van der Waals surface area contributed by atoms with Crippen LogP contribution >= 0.6 is 0 Å². The predicted molar refractivity (Wildman–Crippen MR) is 67.0 cm³/mol. The Balaban J connectivity index is 1.99. The van der Waals surface area contributed by atoms with Gasteiger partial charge in [-0.15, -0.1) is 0 Å². The number of rotatable bonds is 4. The van der Waals surface area contributed by atoms with Crippen molar-refractivity contribution in [2.24, 2.45) is 0 Å². The highest BCUT2D eigenvalue weighted by Crippen LogP contribution is 2.28. The van der Waals surface area contributed by atoms with Crippen LogP contribution in [0.5, 0.6) is 0 Å². The Labute approximate surface area is 111 Å². The minimum atomic E-state index is -4.26. The quantitative estimate of drug-likeness (QED) is 0.909. The maximum absolute atomic E-state index is 12.1. The van der Waals surface area contributed by atoms with Gasteiger partial charge in [-0.3, -0.25) is 0 Å². The normalized spacial score (nSPS) is 17.6. The van der Waals surface area contributed by atoms with Crippen LogP contribution in [-0.4, -0.2) is 25.9 Å². The maximum atomic E-state index is 12.1. The minimum absolute atomic E-state index is 0.0274. The highest BCUT2D eigenvalue weighted by atomic mass is 19.4. The summed E-state index contributed by atoms with van der Waals surface area (Å²) in [5.74, 6) is 0.423. The minimum Gasteiger partial charge on any atom is -0.367 e. The van der Waals surface area contributed by atoms with Crippen LogP contribution in [0.1, 0.15) is 29.9 Å². The first-order valence-electron chi connectivity index (χ1n) is 6.49. The van der Waals surface area contributed by atoms with Crippen molar-refractivity contribution < 1.29 is 17.9 Å². The van der Waals surface area contributed by atoms with Gasteiger partial charge in [0.2, 0.25) is 0 Å². The van der Waals surface area contributed by atoms with E-state index >= 15 is 0 Å². The van der Waals surface area contributed by atoms with E-state index in [-0.39, 0.29) is 6.61 Å². The maximum Gasteiger partial charge on any atom is 0.411 e. The van der Waals surface area contributed by atoms with Crippen molar-refractivity contribution in [1.29, 1.82) is 0 Å². The van der Waals surface area contributed by atoms with Gasteiger partial charge >= 0.3 is 6.18 Å². The SMILES string of the molecule is FC(F)(F)COCc1ccccc1C1CCNCC1. The summed E-state index contributed by atoms with van der Waals surface area (Å²) in [7, 11) is 0. The van der Waals surface area contributed by atoms with Gasteiger partial charge in [0.25, 0.3) is 0 Å². The standard InChI is InChI=1S/C14H18F3NO/c15-14(16,17)10-19-9-12-3-1-2-4-13(12)11-5-7-18-8-6-11/h1-4,11,18H,5-10H2. The van der Waals surface area contributed by atoms with Crippen LogP contribution in [-0.2, 0) is 11.3 Å². The van der Waals surface area contributed by atoms with Crippen LogP contribution in [0.2, 0.25) is 0 Å². The van der Waals surface area contributed by atoms with E-state index in [9.17, 15) is 13.2 Å². The van der Waals surface area contributed by atoms with E-state index in [0.717, 1.165) is 37.1 Å². The summed E-state index contributed by atoms with van der Waals surface area (Å²) >= 11 is 0. The molecule has 2 rings (SSSR count). The van der Waals surface area contributed by atoms with Crippen LogP contribution in [0.15, 0.2) is 24.3 Å². The van der Waals surface area contributed by atoms with E-state index in [0.29, 0.717) is 5.92 Å². The lowest BCUT2D eigenvalue weighted by Gasteiger charge is -2.25. The second-order valence-corrected chi connectivity index (χ2v) is 4.83. The predicted octanol–water partition coefficient (Wildman–Crippen LogP) is 3.23. The summed E-state index contributed by atoms with van der Waals surface area (Å²) in [6.45, 7) is 0.762. The zero-order valence-electron chi connectivity index (χ0n) is 10.7. The largest absolute Gasteiger partial charge is 0.411 e. The lowest BCUT2D eigenvalue weighted by Crippen LogP contribution is -2.27. The van der Waals surface area contributed by atoms with Crippen molar-refractivity contribution >= 4 is 0 Å². The number of piperidine rings is 1. The Bertz CT molecular complexity index is 400. The van der Waals surface area contributed by atoms with E-state index in [1.807, 2.05) is 24.3 Å². The molecule has 0 aliphatic carbocycles. The number of alkyl halides is 3. The Kier molecular flexibility index (Phi) is 4.82. The molecule has 0 radical (unpaired) electrons. The average molecular weight is 273 g/mol. The molecule has 1 N–H and O–H groups in total. The molecule has 0 amide bonds. The molecule has 1 aliphatic heterocycles. The van der Waals surface area contributed by atoms with Gasteiger partial charge in [-0.1, -0.05) is 24.3 Å². The molecule has 1 saturated heterocycles. The fraction of sp³-hybridized carbons (Fsp3) is 0.571. The van der Waals surface area contributed by atoms with Crippen molar-refractivity contribution in [3.05, 3.63) is 35.4 Å². The molecule has 5 heteroatoms. The fourth-order valence-electron chi connectivity index (χ4n) is 2.47. The van der Waals surface area contributed by atoms with Crippen LogP contribution in [0.25, 0.3) is 0 Å². The molecule has 2 nitrogen and oxygen atoms in total. The van der Waals surface area contributed by atoms with Crippen molar-refractivity contribution in [2.45, 2.75) is 31.5 Å². The zero-order valence-corrected chi connectivity index (χ0v) is 10.7. The molecule has 1 aliphatic rings. The zero-order chi connectivity index (χ0) is 13.7. The molecular weight excluding hydrogens is 255 g/mol. The van der Waals surface area contributed by atoms with E-state index in [4.69, 9.17) is 4.74 Å². The van der Waals surface area contributed by atoms with Gasteiger partial charge in [0.1, 0.15) is 6.61 Å². The van der Waals surface area contributed by atoms with Crippen molar-refractivity contribution in [3.63, 3.8) is 0 Å². The summed E-state index contributed by atoms with van der Waals surface area (Å²) < 4.78 is 41.0. The Morgan fingerprint density at radius 1 is 1.16 bits per heavy atom. The number of nitrogens with one attached hydrogen (secondary N) is 1. The smallest absolute Gasteiger partial charge is 0.367 e. The second-order valence-electron chi connectivity index (χ2n) is 4.83. The summed E-state index contributed by atoms with van der Waals surface area (Å²) in [5, 5.41) is 3.29. The third-order valence-electron chi connectivity index (χ3n) is 3.36. The van der Waals surface area contributed by atoms with Gasteiger partial charge < -0.3 is 10.1 Å². The Hall–Kier alpha value is -1.07. The molecule has 0 atom stereocenters. The van der Waals surface area contributed by atoms with Crippen LogP contribution in [0, 0.1) is 0 Å². The first kappa shape index (κ1) is 14.3. The number of hydrogen-bond donors (Lipinski definition) is 1. The summed E-state index contributed by atoms with van der Waals surface area (Å²) in [6.07, 6.45) is -2.21. The molecule has 0 aromatic heterocycles. The third kappa shape index (κ3) is 4.51. The fourth-order valence-corrected chi connectivity index (χ4v) is 2.47. The van der Waals surface area contributed by atoms with Gasteiger partial charge in [0, 0.05) is 0 Å². The van der Waals surface area contributed by atoms with Gasteiger partial charge in [0.15, 0.2) is 0 Å². The van der Waals surface area contributed by atoms with E-state index in [1.165, 1.54) is 0 Å². The van der Waals surface area contributed by atoms with Gasteiger partial charge in [-0.05, 0) is 43.0 Å². The first-order chi connectivity index (χ1) is 9.06. The highest BCUT2D eigenvalue weighted by molar-refractivity contribution is 5.30. The molecule has 1 fully saturated rings. The van der Waals surface area contributed by atoms with Gasteiger partial charge in [0.05, 0.1) is 6.61 Å². The van der Waals surface area contributed by atoms with Crippen LogP contribution in [0.3, 0.4) is 0 Å². The van der Waals surface area contributed by atoms with E-state index in [2.05, 4.69) is 5.32 Å². The lowest BCUT2D eigenvalue weighted by atomic mass is 9.87.